The number of aromatic amines is 1. The Morgan fingerprint density at radius 2 is 2.07 bits per heavy atom. The van der Waals surface area contributed by atoms with Crippen LogP contribution in [0.5, 0.6) is 0 Å². The predicted octanol–water partition coefficient (Wildman–Crippen LogP) is 2.07. The first-order chi connectivity index (χ1) is 6.28. The summed E-state index contributed by atoms with van der Waals surface area (Å²) < 4.78 is 0. The van der Waals surface area contributed by atoms with Gasteiger partial charge in [-0.3, -0.25) is 0 Å². The lowest BCUT2D eigenvalue weighted by molar-refractivity contribution is 1.37. The molecule has 0 aliphatic carbocycles. The molecule has 0 fully saturated rings. The van der Waals surface area contributed by atoms with E-state index in [1.807, 2.05) is 19.3 Å². The molecule has 80 valence electrons. The highest BCUT2D eigenvalue weighted by molar-refractivity contribution is 8.52. The van der Waals surface area contributed by atoms with Crippen molar-refractivity contribution in [1.82, 2.24) is 4.98 Å². The monoisotopic (exact) mass is 230 g/mol. The molecule has 0 unspecified atom stereocenters. The fraction of sp³-hybridized carbons (Fsp3) is 0.400. The molecule has 2 nitrogen and oxygen atoms in total. The van der Waals surface area contributed by atoms with Gasteiger partial charge in [-0.25, -0.2) is 0 Å². The summed E-state index contributed by atoms with van der Waals surface area (Å²) in [6.45, 7) is 0. The van der Waals surface area contributed by atoms with Crippen molar-refractivity contribution >= 4 is 30.7 Å². The van der Waals surface area contributed by atoms with E-state index in [1.165, 1.54) is 0 Å². The number of anilines is 1. The van der Waals surface area contributed by atoms with Crippen LogP contribution in [0.15, 0.2) is 17.7 Å². The maximum atomic E-state index is 5.53. The van der Waals surface area contributed by atoms with Gasteiger partial charge in [0, 0.05) is 13.2 Å². The van der Waals surface area contributed by atoms with E-state index in [-0.39, 0.29) is 0 Å². The highest BCUT2D eigenvalue weighted by Crippen LogP contribution is 2.20. The van der Waals surface area contributed by atoms with Crippen molar-refractivity contribution in [2.75, 3.05) is 31.1 Å². The number of hydrogen-bond acceptors (Lipinski definition) is 2. The number of H-pyrrole nitrogens is 1. The summed E-state index contributed by atoms with van der Waals surface area (Å²) in [7, 11) is 0.194. The van der Waals surface area contributed by atoms with Crippen molar-refractivity contribution in [2.24, 2.45) is 0 Å². The lowest BCUT2D eigenvalue weighted by Crippen LogP contribution is -2.20. The third-order valence-electron chi connectivity index (χ3n) is 1.75. The van der Waals surface area contributed by atoms with Crippen molar-refractivity contribution in [3.8, 4) is 0 Å². The van der Waals surface area contributed by atoms with Crippen LogP contribution in [0.2, 0.25) is 0 Å². The normalized spacial score (nSPS) is 15.3. The Morgan fingerprint density at radius 3 is 2.57 bits per heavy atom. The average Bonchev–Trinajstić information content (AvgIpc) is 2.44. The minimum atomic E-state index is -1.72. The number of rotatable bonds is 3. The van der Waals surface area contributed by atoms with Gasteiger partial charge in [0.25, 0.3) is 0 Å². The van der Waals surface area contributed by atoms with E-state index in [0.717, 1.165) is 11.4 Å². The van der Waals surface area contributed by atoms with Crippen molar-refractivity contribution in [1.29, 1.82) is 0 Å². The molecule has 14 heavy (non-hydrogen) atoms. The molecular weight excluding hydrogens is 212 g/mol. The van der Waals surface area contributed by atoms with Crippen LogP contribution in [-0.4, -0.2) is 30.8 Å². The smallest absolute Gasteiger partial charge is 0.0620 e. The van der Waals surface area contributed by atoms with E-state index < -0.39 is 7.72 Å². The highest BCUT2D eigenvalue weighted by atomic mass is 32.9. The Balaban J connectivity index is 2.95. The molecule has 1 heterocycles. The summed E-state index contributed by atoms with van der Waals surface area (Å²) in [5.74, 6) is 0. The van der Waals surface area contributed by atoms with Crippen molar-refractivity contribution in [3.05, 3.63) is 23.4 Å². The largest absolute Gasteiger partial charge is 0.386 e. The van der Waals surface area contributed by atoms with Gasteiger partial charge in [0.2, 0.25) is 0 Å². The Bertz CT molecular complexity index is 398. The Labute approximate surface area is 90.3 Å². The maximum Gasteiger partial charge on any atom is 0.0620 e. The Kier molecular flexibility index (Phi) is 2.88. The van der Waals surface area contributed by atoms with Crippen LogP contribution >= 0.6 is 0 Å². The van der Waals surface area contributed by atoms with Crippen molar-refractivity contribution in [2.45, 2.75) is 0 Å². The van der Waals surface area contributed by atoms with E-state index in [4.69, 9.17) is 11.2 Å². The molecule has 0 bridgehead atoms. The number of hydrogen-bond donors (Lipinski definition) is 2. The van der Waals surface area contributed by atoms with Crippen molar-refractivity contribution < 1.29 is 0 Å². The third kappa shape index (κ3) is 3.64. The first kappa shape index (κ1) is 11.5. The molecule has 0 radical (unpaired) electrons. The molecule has 0 atom stereocenters. The summed E-state index contributed by atoms with van der Waals surface area (Å²) in [6, 6.07) is 2.01. The first-order valence-corrected chi connectivity index (χ1v) is 8.66. The molecule has 0 aromatic carbocycles. The second kappa shape index (κ2) is 3.51. The van der Waals surface area contributed by atoms with Gasteiger partial charge >= 0.3 is 0 Å². The van der Waals surface area contributed by atoms with Gasteiger partial charge in [0.1, 0.15) is 0 Å². The second-order valence-electron chi connectivity index (χ2n) is 4.39. The van der Waals surface area contributed by atoms with Gasteiger partial charge in [-0.15, -0.1) is 0 Å². The highest BCUT2D eigenvalue weighted by Gasteiger charge is 2.08. The molecule has 4 heteroatoms. The molecule has 1 aromatic rings. The number of aromatic nitrogens is 1. The van der Waals surface area contributed by atoms with E-state index in [2.05, 4.69) is 40.6 Å². The van der Waals surface area contributed by atoms with Gasteiger partial charge < -0.3 is 10.3 Å². The van der Waals surface area contributed by atoms with Crippen LogP contribution < -0.4 is 5.32 Å². The lowest BCUT2D eigenvalue weighted by Gasteiger charge is -2.27. The van der Waals surface area contributed by atoms with E-state index in [0.29, 0.717) is 0 Å². The second-order valence-corrected chi connectivity index (χ2v) is 13.3. The van der Waals surface area contributed by atoms with Crippen LogP contribution in [0.1, 0.15) is 5.69 Å². The molecule has 0 aliphatic rings. The summed E-state index contributed by atoms with van der Waals surface area (Å²) >= 11 is 5.53. The summed E-state index contributed by atoms with van der Waals surface area (Å²) in [5, 5.41) is 5.26. The Hall–Kier alpha value is -0.610. The molecule has 0 spiro atoms. The molecule has 0 amide bonds. The van der Waals surface area contributed by atoms with Gasteiger partial charge in [0.05, 0.1) is 11.4 Å². The Morgan fingerprint density at radius 1 is 1.43 bits per heavy atom. The van der Waals surface area contributed by atoms with Gasteiger partial charge in [0.15, 0.2) is 0 Å². The van der Waals surface area contributed by atoms with Crippen molar-refractivity contribution in [3.63, 3.8) is 0 Å². The first-order valence-electron chi connectivity index (χ1n) is 4.41. The zero-order valence-electron chi connectivity index (χ0n) is 9.13. The van der Waals surface area contributed by atoms with Gasteiger partial charge in [-0.2, -0.15) is 7.72 Å². The molecule has 2 N–H and O–H groups in total. The molecule has 1 rings (SSSR count). The molecule has 1 aromatic heterocycles. The quantitative estimate of drug-likeness (QED) is 0.832. The van der Waals surface area contributed by atoms with Gasteiger partial charge in [-0.1, -0.05) is 11.2 Å². The van der Waals surface area contributed by atoms with Crippen LogP contribution in [-0.2, 0) is 18.9 Å². The lowest BCUT2D eigenvalue weighted by atomic mass is 10.3. The van der Waals surface area contributed by atoms with Gasteiger partial charge in [-0.05, 0) is 36.3 Å². The van der Waals surface area contributed by atoms with E-state index in [9.17, 15) is 0 Å². The van der Waals surface area contributed by atoms with Crippen LogP contribution in [0.3, 0.4) is 0 Å². The SMILES string of the molecule is CNc1cc[nH]c1/C=C\S(C)(C)(C)=S. The fourth-order valence-electron chi connectivity index (χ4n) is 1.04. The summed E-state index contributed by atoms with van der Waals surface area (Å²) in [6.07, 6.45) is 10.4. The third-order valence-corrected chi connectivity index (χ3v) is 3.14. The molecule has 0 saturated carbocycles. The van der Waals surface area contributed by atoms with Crippen LogP contribution in [0.25, 0.3) is 6.08 Å². The van der Waals surface area contributed by atoms with Crippen LogP contribution in [0, 0.1) is 0 Å². The standard InChI is InChI=1S/C10H18N2S2/c1-11-9-5-7-12-10(9)6-8-14(2,3,4)13/h5-8,11-12H,1-4H3/b8-6-. The zero-order chi connectivity index (χ0) is 10.8. The van der Waals surface area contributed by atoms with E-state index >= 15 is 0 Å². The minimum absolute atomic E-state index is 1.09. The minimum Gasteiger partial charge on any atom is -0.386 e. The summed E-state index contributed by atoms with van der Waals surface area (Å²) in [5.41, 5.74) is 2.19. The maximum absolute atomic E-state index is 5.53. The predicted molar refractivity (Wildman–Crippen MR) is 71.9 cm³/mol. The molecule has 0 aliphatic heterocycles. The van der Waals surface area contributed by atoms with E-state index in [1.54, 1.807) is 0 Å². The topological polar surface area (TPSA) is 27.8 Å². The molecular formula is C10H18N2S2. The van der Waals surface area contributed by atoms with Crippen LogP contribution in [0.4, 0.5) is 5.69 Å². The molecule has 0 saturated heterocycles. The fourth-order valence-corrected chi connectivity index (χ4v) is 1.80. The average molecular weight is 230 g/mol. The summed E-state index contributed by atoms with van der Waals surface area (Å²) in [4.78, 5) is 3.17. The number of nitrogens with one attached hydrogen (secondary N) is 2. The zero-order valence-corrected chi connectivity index (χ0v) is 10.8.